The number of anilines is 3. The molecule has 0 saturated heterocycles. The van der Waals surface area contributed by atoms with Gasteiger partial charge in [-0.25, -0.2) is 0 Å². The number of unbranched alkanes of at least 4 members (excludes halogenated alkanes) is 2. The van der Waals surface area contributed by atoms with E-state index in [2.05, 4.69) is 61.2 Å². The van der Waals surface area contributed by atoms with Gasteiger partial charge in [-0.3, -0.25) is 0 Å². The molecule has 0 N–H and O–H groups in total. The van der Waals surface area contributed by atoms with Crippen molar-refractivity contribution >= 4 is 17.1 Å². The molecule has 0 aromatic heterocycles. The van der Waals surface area contributed by atoms with Gasteiger partial charge in [0.1, 0.15) is 11.5 Å². The zero-order chi connectivity index (χ0) is 20.3. The largest absolute Gasteiger partial charge is 0.494 e. The van der Waals surface area contributed by atoms with Gasteiger partial charge in [0.05, 0.1) is 13.2 Å². The maximum absolute atomic E-state index is 5.81. The fourth-order valence-corrected chi connectivity index (χ4v) is 3.03. The minimum atomic E-state index is 0.758. The minimum Gasteiger partial charge on any atom is -0.494 e. The van der Waals surface area contributed by atoms with E-state index < -0.39 is 0 Å². The van der Waals surface area contributed by atoms with Gasteiger partial charge in [-0.15, -0.1) is 0 Å². The van der Waals surface area contributed by atoms with Crippen molar-refractivity contribution in [3.05, 3.63) is 78.9 Å². The quantitative estimate of drug-likeness (QED) is 0.321. The third kappa shape index (κ3) is 6.02. The Morgan fingerprint density at radius 3 is 1.45 bits per heavy atom. The van der Waals surface area contributed by atoms with Gasteiger partial charge in [0.25, 0.3) is 0 Å². The van der Waals surface area contributed by atoms with Crippen molar-refractivity contribution in [2.75, 3.05) is 18.1 Å². The number of rotatable bonds is 11. The van der Waals surface area contributed by atoms with Crippen molar-refractivity contribution in [1.29, 1.82) is 0 Å². The Labute approximate surface area is 174 Å². The molecule has 0 aliphatic carbocycles. The van der Waals surface area contributed by atoms with Crippen molar-refractivity contribution in [2.45, 2.75) is 39.5 Å². The van der Waals surface area contributed by atoms with Gasteiger partial charge < -0.3 is 14.4 Å². The third-order valence-corrected chi connectivity index (χ3v) is 4.68. The highest BCUT2D eigenvalue weighted by atomic mass is 16.5. The number of benzene rings is 3. The molecular formula is C26H30NO2. The van der Waals surface area contributed by atoms with Gasteiger partial charge >= 0.3 is 0 Å². The lowest BCUT2D eigenvalue weighted by Gasteiger charge is -2.25. The van der Waals surface area contributed by atoms with Crippen LogP contribution in [0, 0.1) is 6.07 Å². The molecule has 0 aliphatic heterocycles. The normalized spacial score (nSPS) is 10.6. The summed E-state index contributed by atoms with van der Waals surface area (Å²) >= 11 is 0. The number of hydrogen-bond acceptors (Lipinski definition) is 3. The predicted octanol–water partition coefficient (Wildman–Crippen LogP) is 7.31. The molecule has 0 unspecified atom stereocenters. The highest BCUT2D eigenvalue weighted by Crippen LogP contribution is 2.35. The van der Waals surface area contributed by atoms with E-state index in [1.54, 1.807) is 0 Å². The minimum absolute atomic E-state index is 0.758. The summed E-state index contributed by atoms with van der Waals surface area (Å²) in [5, 5.41) is 0. The molecule has 0 atom stereocenters. The SMILES string of the molecule is CCCCOc1ccc(N(c2cc[c]cc2)c2ccc(OCCCC)cc2)cc1. The standard InChI is InChI=1S/C26H30NO2/c1-3-5-20-28-25-16-12-23(13-17-25)27(22-10-8-7-9-11-22)24-14-18-26(19-15-24)29-21-6-4-2/h8-19H,3-6,20-21H2,1-2H3. The molecule has 0 aliphatic rings. The van der Waals surface area contributed by atoms with E-state index in [0.29, 0.717) is 0 Å². The smallest absolute Gasteiger partial charge is 0.119 e. The summed E-state index contributed by atoms with van der Waals surface area (Å²) in [6.07, 6.45) is 4.41. The lowest BCUT2D eigenvalue weighted by atomic mass is 10.2. The molecule has 3 aromatic carbocycles. The molecule has 3 heteroatoms. The van der Waals surface area contributed by atoms with Crippen molar-refractivity contribution in [3.8, 4) is 11.5 Å². The Balaban J connectivity index is 1.82. The fourth-order valence-electron chi connectivity index (χ4n) is 3.03. The zero-order valence-corrected chi connectivity index (χ0v) is 17.4. The Bertz CT molecular complexity index is 775. The van der Waals surface area contributed by atoms with Crippen LogP contribution in [0.1, 0.15) is 39.5 Å². The Morgan fingerprint density at radius 2 is 1.03 bits per heavy atom. The molecule has 1 radical (unpaired) electrons. The summed E-state index contributed by atoms with van der Waals surface area (Å²) in [4.78, 5) is 2.22. The molecule has 3 aromatic rings. The molecule has 151 valence electrons. The molecule has 3 rings (SSSR count). The van der Waals surface area contributed by atoms with Crippen LogP contribution in [0.25, 0.3) is 0 Å². The van der Waals surface area contributed by atoms with E-state index in [0.717, 1.165) is 67.5 Å². The fraction of sp³-hybridized carbons (Fsp3) is 0.308. The summed E-state index contributed by atoms with van der Waals surface area (Å²) in [6.45, 7) is 5.85. The second-order valence-corrected chi connectivity index (χ2v) is 6.99. The van der Waals surface area contributed by atoms with Crippen LogP contribution in [-0.2, 0) is 0 Å². The van der Waals surface area contributed by atoms with Crippen LogP contribution in [0.15, 0.2) is 72.8 Å². The van der Waals surface area contributed by atoms with Gasteiger partial charge in [0.2, 0.25) is 0 Å². The monoisotopic (exact) mass is 388 g/mol. The van der Waals surface area contributed by atoms with Crippen LogP contribution in [0.3, 0.4) is 0 Å². The maximum atomic E-state index is 5.81. The molecular weight excluding hydrogens is 358 g/mol. The first-order valence-corrected chi connectivity index (χ1v) is 10.5. The average molecular weight is 389 g/mol. The van der Waals surface area contributed by atoms with E-state index in [1.165, 1.54) is 0 Å². The van der Waals surface area contributed by atoms with Crippen LogP contribution >= 0.6 is 0 Å². The molecule has 0 spiro atoms. The van der Waals surface area contributed by atoms with Crippen LogP contribution in [0.5, 0.6) is 11.5 Å². The third-order valence-electron chi connectivity index (χ3n) is 4.68. The van der Waals surface area contributed by atoms with Gasteiger partial charge in [-0.2, -0.15) is 0 Å². The van der Waals surface area contributed by atoms with E-state index >= 15 is 0 Å². The lowest BCUT2D eigenvalue weighted by molar-refractivity contribution is 0.309. The highest BCUT2D eigenvalue weighted by molar-refractivity contribution is 5.76. The van der Waals surface area contributed by atoms with Gasteiger partial charge in [0.15, 0.2) is 0 Å². The van der Waals surface area contributed by atoms with E-state index in [9.17, 15) is 0 Å². The topological polar surface area (TPSA) is 21.7 Å². The van der Waals surface area contributed by atoms with Crippen LogP contribution in [0.2, 0.25) is 0 Å². The van der Waals surface area contributed by atoms with Crippen molar-refractivity contribution in [2.24, 2.45) is 0 Å². The lowest BCUT2D eigenvalue weighted by Crippen LogP contribution is -2.10. The average Bonchev–Trinajstić information content (AvgIpc) is 2.77. The van der Waals surface area contributed by atoms with Crippen LogP contribution < -0.4 is 14.4 Å². The van der Waals surface area contributed by atoms with Crippen molar-refractivity contribution < 1.29 is 9.47 Å². The first-order chi connectivity index (χ1) is 14.3. The van der Waals surface area contributed by atoms with E-state index in [4.69, 9.17) is 9.47 Å². The molecule has 0 bridgehead atoms. The first-order valence-electron chi connectivity index (χ1n) is 10.5. The van der Waals surface area contributed by atoms with Gasteiger partial charge in [0, 0.05) is 17.1 Å². The summed E-state index contributed by atoms with van der Waals surface area (Å²) in [7, 11) is 0. The van der Waals surface area contributed by atoms with Crippen molar-refractivity contribution in [1.82, 2.24) is 0 Å². The summed E-state index contributed by atoms with van der Waals surface area (Å²) in [5.74, 6) is 1.81. The number of ether oxygens (including phenoxy) is 2. The summed E-state index contributed by atoms with van der Waals surface area (Å²) < 4.78 is 11.6. The second-order valence-electron chi connectivity index (χ2n) is 6.99. The Morgan fingerprint density at radius 1 is 0.621 bits per heavy atom. The molecule has 0 fully saturated rings. The molecule has 29 heavy (non-hydrogen) atoms. The maximum Gasteiger partial charge on any atom is 0.119 e. The Hall–Kier alpha value is -2.94. The van der Waals surface area contributed by atoms with Crippen LogP contribution in [-0.4, -0.2) is 13.2 Å². The van der Waals surface area contributed by atoms with Gasteiger partial charge in [-0.05, 0) is 79.6 Å². The summed E-state index contributed by atoms with van der Waals surface area (Å²) in [6, 6.07) is 27.7. The van der Waals surface area contributed by atoms with Crippen molar-refractivity contribution in [3.63, 3.8) is 0 Å². The molecule has 0 saturated carbocycles. The summed E-state index contributed by atoms with van der Waals surface area (Å²) in [5.41, 5.74) is 3.25. The Kier molecular flexibility index (Phi) is 8.00. The number of hydrogen-bond donors (Lipinski definition) is 0. The second kappa shape index (κ2) is 11.2. The molecule has 0 heterocycles. The zero-order valence-electron chi connectivity index (χ0n) is 17.4. The number of nitrogens with zero attached hydrogens (tertiary/aromatic N) is 1. The van der Waals surface area contributed by atoms with E-state index in [1.807, 2.05) is 36.4 Å². The first kappa shape index (κ1) is 20.8. The predicted molar refractivity (Wildman–Crippen MR) is 121 cm³/mol. The van der Waals surface area contributed by atoms with Crippen LogP contribution in [0.4, 0.5) is 17.1 Å². The highest BCUT2D eigenvalue weighted by Gasteiger charge is 2.12. The van der Waals surface area contributed by atoms with Gasteiger partial charge in [-0.1, -0.05) is 38.8 Å². The molecule has 3 nitrogen and oxygen atoms in total. The van der Waals surface area contributed by atoms with E-state index in [-0.39, 0.29) is 0 Å². The molecule has 0 amide bonds.